The summed E-state index contributed by atoms with van der Waals surface area (Å²) in [5.74, 6) is 0.593. The van der Waals surface area contributed by atoms with Crippen molar-refractivity contribution in [3.63, 3.8) is 0 Å². The van der Waals surface area contributed by atoms with Gasteiger partial charge in [-0.3, -0.25) is 14.6 Å². The lowest BCUT2D eigenvalue weighted by molar-refractivity contribution is -0.115. The Bertz CT molecular complexity index is 895. The van der Waals surface area contributed by atoms with Crippen LogP contribution in [0.1, 0.15) is 16.3 Å². The smallest absolute Gasteiger partial charge is 0.252 e. The molecule has 3 heterocycles. The summed E-state index contributed by atoms with van der Waals surface area (Å²) in [6, 6.07) is 6.94. The monoisotopic (exact) mass is 329 g/mol. The van der Waals surface area contributed by atoms with E-state index in [1.807, 2.05) is 17.5 Å². The lowest BCUT2D eigenvalue weighted by Gasteiger charge is -2.08. The molecule has 3 aromatic heterocycles. The Balaban J connectivity index is 1.88. The van der Waals surface area contributed by atoms with Crippen LogP contribution in [0.15, 0.2) is 34.4 Å². The van der Waals surface area contributed by atoms with Crippen LogP contribution in [0.4, 0.5) is 5.82 Å². The van der Waals surface area contributed by atoms with Crippen molar-refractivity contribution < 1.29 is 4.79 Å². The first-order valence-electron chi connectivity index (χ1n) is 6.98. The molecule has 0 aliphatic rings. The third kappa shape index (κ3) is 3.54. The number of H-pyrrole nitrogens is 1. The van der Waals surface area contributed by atoms with Crippen molar-refractivity contribution in [2.45, 2.75) is 20.3 Å². The fraction of sp³-hybridized carbons (Fsp3) is 0.200. The zero-order valence-corrected chi connectivity index (χ0v) is 13.5. The van der Waals surface area contributed by atoms with Gasteiger partial charge in [0.25, 0.3) is 5.56 Å². The molecule has 0 bridgehead atoms. The Morgan fingerprint density at radius 3 is 2.87 bits per heavy atom. The van der Waals surface area contributed by atoms with Gasteiger partial charge in [0.15, 0.2) is 0 Å². The second-order valence-corrected chi connectivity index (χ2v) is 6.13. The van der Waals surface area contributed by atoms with Crippen LogP contribution in [-0.2, 0) is 11.2 Å². The molecule has 0 atom stereocenters. The van der Waals surface area contributed by atoms with E-state index >= 15 is 0 Å². The van der Waals surface area contributed by atoms with Crippen LogP contribution < -0.4 is 10.9 Å². The first-order valence-corrected chi connectivity index (χ1v) is 7.86. The summed E-state index contributed by atoms with van der Waals surface area (Å²) in [4.78, 5) is 31.6. The topological polar surface area (TPSA) is 92.7 Å². The lowest BCUT2D eigenvalue weighted by Crippen LogP contribution is -2.19. The van der Waals surface area contributed by atoms with Gasteiger partial charge in [-0.25, -0.2) is 4.98 Å². The van der Waals surface area contributed by atoms with Gasteiger partial charge in [-0.05, 0) is 25.3 Å². The van der Waals surface area contributed by atoms with Crippen LogP contribution in [0.25, 0.3) is 5.95 Å². The molecule has 0 aliphatic heterocycles. The largest absolute Gasteiger partial charge is 0.310 e. The highest BCUT2D eigenvalue weighted by Crippen LogP contribution is 2.15. The van der Waals surface area contributed by atoms with E-state index in [2.05, 4.69) is 20.4 Å². The van der Waals surface area contributed by atoms with Gasteiger partial charge in [0, 0.05) is 22.7 Å². The van der Waals surface area contributed by atoms with Gasteiger partial charge < -0.3 is 5.32 Å². The average molecular weight is 329 g/mol. The van der Waals surface area contributed by atoms with E-state index in [4.69, 9.17) is 0 Å². The number of nitrogens with zero attached hydrogens (tertiary/aromatic N) is 3. The highest BCUT2D eigenvalue weighted by Gasteiger charge is 2.13. The van der Waals surface area contributed by atoms with Gasteiger partial charge in [0.2, 0.25) is 11.9 Å². The molecule has 8 heteroatoms. The summed E-state index contributed by atoms with van der Waals surface area (Å²) in [7, 11) is 0. The van der Waals surface area contributed by atoms with E-state index in [1.54, 1.807) is 19.9 Å². The van der Waals surface area contributed by atoms with Gasteiger partial charge >= 0.3 is 0 Å². The minimum atomic E-state index is -0.267. The van der Waals surface area contributed by atoms with Gasteiger partial charge in [-0.1, -0.05) is 6.07 Å². The minimum absolute atomic E-state index is 0.149. The molecule has 0 spiro atoms. The van der Waals surface area contributed by atoms with Crippen molar-refractivity contribution >= 4 is 23.1 Å². The summed E-state index contributed by atoms with van der Waals surface area (Å²) in [6.45, 7) is 3.53. The molecular weight excluding hydrogens is 314 g/mol. The minimum Gasteiger partial charge on any atom is -0.310 e. The van der Waals surface area contributed by atoms with Crippen LogP contribution in [0.3, 0.4) is 0 Å². The average Bonchev–Trinajstić information content (AvgIpc) is 3.07. The molecule has 7 nitrogen and oxygen atoms in total. The van der Waals surface area contributed by atoms with Crippen LogP contribution in [-0.4, -0.2) is 25.7 Å². The van der Waals surface area contributed by atoms with Crippen molar-refractivity contribution in [2.75, 3.05) is 5.32 Å². The zero-order chi connectivity index (χ0) is 16.4. The highest BCUT2D eigenvalue weighted by molar-refractivity contribution is 7.10. The van der Waals surface area contributed by atoms with E-state index in [1.165, 1.54) is 22.1 Å². The Labute approximate surface area is 136 Å². The predicted octanol–water partition coefficient (Wildman–Crippen LogP) is 1.82. The number of aromatic amines is 1. The Morgan fingerprint density at radius 2 is 2.17 bits per heavy atom. The molecular formula is C15H15N5O2S. The van der Waals surface area contributed by atoms with E-state index in [0.717, 1.165) is 4.88 Å². The molecule has 2 N–H and O–H groups in total. The van der Waals surface area contributed by atoms with Gasteiger partial charge in [-0.2, -0.15) is 9.78 Å². The highest BCUT2D eigenvalue weighted by atomic mass is 32.1. The molecule has 3 rings (SSSR count). The summed E-state index contributed by atoms with van der Waals surface area (Å²) in [5.41, 5.74) is 1.02. The predicted molar refractivity (Wildman–Crippen MR) is 88.1 cm³/mol. The van der Waals surface area contributed by atoms with Crippen LogP contribution >= 0.6 is 11.3 Å². The van der Waals surface area contributed by atoms with Crippen LogP contribution in [0, 0.1) is 13.8 Å². The second-order valence-electron chi connectivity index (χ2n) is 5.10. The number of anilines is 1. The zero-order valence-electron chi connectivity index (χ0n) is 12.7. The molecule has 0 fully saturated rings. The Morgan fingerprint density at radius 1 is 1.35 bits per heavy atom. The van der Waals surface area contributed by atoms with E-state index < -0.39 is 0 Å². The fourth-order valence-corrected chi connectivity index (χ4v) is 2.88. The normalized spacial score (nSPS) is 10.7. The third-order valence-corrected chi connectivity index (χ3v) is 3.95. The number of carbonyl (C=O) groups is 1. The Kier molecular flexibility index (Phi) is 4.07. The molecule has 1 amide bonds. The third-order valence-electron chi connectivity index (χ3n) is 3.07. The number of amides is 1. The standard InChI is InChI=1S/C15H15N5O2S/c1-9-7-13(21)18-15(16-9)20-12(6-10(2)19-20)17-14(22)8-11-4-3-5-23-11/h3-7H,8H2,1-2H3,(H,17,22)(H,16,18,21). The summed E-state index contributed by atoms with van der Waals surface area (Å²) in [5, 5.41) is 9.03. The van der Waals surface area contributed by atoms with Crippen molar-refractivity contribution in [1.29, 1.82) is 0 Å². The number of hydrogen-bond donors (Lipinski definition) is 2. The lowest BCUT2D eigenvalue weighted by atomic mass is 10.3. The van der Waals surface area contributed by atoms with Gasteiger partial charge in [-0.15, -0.1) is 11.3 Å². The molecule has 0 saturated heterocycles. The van der Waals surface area contributed by atoms with Crippen molar-refractivity contribution in [3.8, 4) is 5.95 Å². The Hall–Kier alpha value is -2.74. The first kappa shape index (κ1) is 15.2. The molecule has 23 heavy (non-hydrogen) atoms. The maximum absolute atomic E-state index is 12.2. The molecule has 0 unspecified atom stereocenters. The summed E-state index contributed by atoms with van der Waals surface area (Å²) in [6.07, 6.45) is 0.291. The fourth-order valence-electron chi connectivity index (χ4n) is 2.17. The second kappa shape index (κ2) is 6.17. The number of thiophene rings is 1. The van der Waals surface area contributed by atoms with E-state index in [-0.39, 0.29) is 17.4 Å². The number of aromatic nitrogens is 4. The number of hydrogen-bond acceptors (Lipinski definition) is 5. The van der Waals surface area contributed by atoms with E-state index in [9.17, 15) is 9.59 Å². The summed E-state index contributed by atoms with van der Waals surface area (Å²) >= 11 is 1.53. The SMILES string of the molecule is Cc1cc(=O)[nH]c(-n2nc(C)cc2NC(=O)Cc2cccs2)n1. The molecule has 0 radical (unpaired) electrons. The molecule has 0 aromatic carbocycles. The molecule has 0 saturated carbocycles. The van der Waals surface area contributed by atoms with Crippen molar-refractivity contribution in [2.24, 2.45) is 0 Å². The van der Waals surface area contributed by atoms with Crippen LogP contribution in [0.5, 0.6) is 0 Å². The molecule has 3 aromatic rings. The number of rotatable bonds is 4. The van der Waals surface area contributed by atoms with E-state index in [0.29, 0.717) is 23.6 Å². The molecule has 118 valence electrons. The quantitative estimate of drug-likeness (QED) is 0.763. The maximum Gasteiger partial charge on any atom is 0.252 e. The maximum atomic E-state index is 12.2. The number of aryl methyl sites for hydroxylation is 2. The number of carbonyl (C=O) groups excluding carboxylic acids is 1. The molecule has 0 aliphatic carbocycles. The van der Waals surface area contributed by atoms with Crippen LogP contribution in [0.2, 0.25) is 0 Å². The van der Waals surface area contributed by atoms with Gasteiger partial charge in [0.1, 0.15) is 5.82 Å². The first-order chi connectivity index (χ1) is 11.0. The van der Waals surface area contributed by atoms with Crippen molar-refractivity contribution in [1.82, 2.24) is 19.7 Å². The van der Waals surface area contributed by atoms with Crippen molar-refractivity contribution in [3.05, 3.63) is 56.3 Å². The summed E-state index contributed by atoms with van der Waals surface area (Å²) < 4.78 is 1.43. The van der Waals surface area contributed by atoms with Gasteiger partial charge in [0.05, 0.1) is 12.1 Å². The number of nitrogens with one attached hydrogen (secondary N) is 2.